The standard InChI is InChI=1S/C17H30N2O3/c1-3-21-11-16(20)19-12-17(13-19)8-15(6-7-18(17)2)10-22-9-14-4-5-14/h14-15H,3-13H2,1-2H3/t15-/m1/s1. The molecule has 126 valence electrons. The van der Waals surface area contributed by atoms with Crippen molar-refractivity contribution in [3.05, 3.63) is 0 Å². The summed E-state index contributed by atoms with van der Waals surface area (Å²) in [5.74, 6) is 1.63. The molecule has 2 heterocycles. The van der Waals surface area contributed by atoms with Gasteiger partial charge in [0.05, 0.1) is 5.54 Å². The maximum absolute atomic E-state index is 12.0. The van der Waals surface area contributed by atoms with Gasteiger partial charge in [0.25, 0.3) is 0 Å². The molecule has 2 aliphatic heterocycles. The van der Waals surface area contributed by atoms with E-state index in [0.717, 1.165) is 45.2 Å². The third kappa shape index (κ3) is 3.63. The van der Waals surface area contributed by atoms with Gasteiger partial charge in [-0.15, -0.1) is 0 Å². The summed E-state index contributed by atoms with van der Waals surface area (Å²) in [7, 11) is 2.20. The van der Waals surface area contributed by atoms with Gasteiger partial charge in [0.2, 0.25) is 5.91 Å². The molecule has 5 heteroatoms. The molecule has 0 aromatic heterocycles. The van der Waals surface area contributed by atoms with Crippen LogP contribution >= 0.6 is 0 Å². The van der Waals surface area contributed by atoms with Crippen molar-refractivity contribution in [1.82, 2.24) is 9.80 Å². The van der Waals surface area contributed by atoms with Crippen molar-refractivity contribution in [1.29, 1.82) is 0 Å². The number of hydrogen-bond donors (Lipinski definition) is 0. The zero-order valence-electron chi connectivity index (χ0n) is 14.1. The van der Waals surface area contributed by atoms with Crippen molar-refractivity contribution in [3.63, 3.8) is 0 Å². The maximum atomic E-state index is 12.0. The summed E-state index contributed by atoms with van der Waals surface area (Å²) in [6, 6.07) is 0. The second-order valence-corrected chi connectivity index (χ2v) is 7.37. The molecule has 0 aromatic rings. The van der Waals surface area contributed by atoms with E-state index in [9.17, 15) is 4.79 Å². The Morgan fingerprint density at radius 3 is 2.55 bits per heavy atom. The normalized spacial score (nSPS) is 27.9. The molecule has 0 bridgehead atoms. The number of nitrogens with zero attached hydrogens (tertiary/aromatic N) is 2. The lowest BCUT2D eigenvalue weighted by Gasteiger charge is -2.58. The Morgan fingerprint density at radius 2 is 1.86 bits per heavy atom. The van der Waals surface area contributed by atoms with Crippen LogP contribution in [0, 0.1) is 11.8 Å². The molecule has 22 heavy (non-hydrogen) atoms. The van der Waals surface area contributed by atoms with E-state index in [1.165, 1.54) is 19.3 Å². The van der Waals surface area contributed by atoms with Crippen molar-refractivity contribution in [2.24, 2.45) is 11.8 Å². The Bertz CT molecular complexity index is 391. The Labute approximate surface area is 133 Å². The molecule has 0 N–H and O–H groups in total. The number of piperidine rings is 1. The molecule has 0 radical (unpaired) electrons. The Kier molecular flexibility index (Phi) is 5.05. The highest BCUT2D eigenvalue weighted by Gasteiger charge is 2.50. The SMILES string of the molecule is CCOCC(=O)N1CC2(C[C@H](COCC3CC3)CCN2C)C1. The first-order chi connectivity index (χ1) is 10.6. The predicted octanol–water partition coefficient (Wildman–Crippen LogP) is 1.37. The maximum Gasteiger partial charge on any atom is 0.248 e. The third-order valence-electron chi connectivity index (χ3n) is 5.51. The summed E-state index contributed by atoms with van der Waals surface area (Å²) >= 11 is 0. The first-order valence-corrected chi connectivity index (χ1v) is 8.77. The molecule has 2 saturated heterocycles. The molecule has 1 amide bonds. The minimum Gasteiger partial charge on any atom is -0.381 e. The smallest absolute Gasteiger partial charge is 0.248 e. The van der Waals surface area contributed by atoms with Gasteiger partial charge in [-0.05, 0) is 58.0 Å². The Morgan fingerprint density at radius 1 is 1.14 bits per heavy atom. The number of likely N-dealkylation sites (tertiary alicyclic amines) is 2. The van der Waals surface area contributed by atoms with Crippen molar-refractivity contribution in [3.8, 4) is 0 Å². The summed E-state index contributed by atoms with van der Waals surface area (Å²) in [5.41, 5.74) is 0.188. The molecular formula is C17H30N2O3. The molecule has 3 aliphatic rings. The van der Waals surface area contributed by atoms with E-state index < -0.39 is 0 Å². The first kappa shape index (κ1) is 16.2. The highest BCUT2D eigenvalue weighted by molar-refractivity contribution is 5.78. The van der Waals surface area contributed by atoms with Gasteiger partial charge in [0, 0.05) is 32.9 Å². The average Bonchev–Trinajstić information content (AvgIpc) is 3.28. The number of carbonyl (C=O) groups excluding carboxylic acids is 1. The number of hydrogen-bond acceptors (Lipinski definition) is 4. The van der Waals surface area contributed by atoms with E-state index in [-0.39, 0.29) is 18.1 Å². The largest absolute Gasteiger partial charge is 0.381 e. The minimum absolute atomic E-state index is 0.132. The van der Waals surface area contributed by atoms with Crippen LogP contribution in [0.15, 0.2) is 0 Å². The lowest BCUT2D eigenvalue weighted by atomic mass is 9.75. The van der Waals surface area contributed by atoms with E-state index >= 15 is 0 Å². The van der Waals surface area contributed by atoms with Crippen molar-refractivity contribution >= 4 is 5.91 Å². The van der Waals surface area contributed by atoms with Crippen molar-refractivity contribution in [2.75, 3.05) is 53.1 Å². The van der Waals surface area contributed by atoms with E-state index in [2.05, 4.69) is 11.9 Å². The third-order valence-corrected chi connectivity index (χ3v) is 5.51. The van der Waals surface area contributed by atoms with Gasteiger partial charge in [0.15, 0.2) is 0 Å². The summed E-state index contributed by atoms with van der Waals surface area (Å²) in [4.78, 5) is 16.4. The quantitative estimate of drug-likeness (QED) is 0.712. The van der Waals surface area contributed by atoms with Crippen LogP contribution in [0.25, 0.3) is 0 Å². The van der Waals surface area contributed by atoms with E-state index in [1.54, 1.807) is 0 Å². The fourth-order valence-corrected chi connectivity index (χ4v) is 3.73. The topological polar surface area (TPSA) is 42.0 Å². The van der Waals surface area contributed by atoms with Gasteiger partial charge in [-0.2, -0.15) is 0 Å². The van der Waals surface area contributed by atoms with Gasteiger partial charge in [0.1, 0.15) is 6.61 Å². The zero-order chi connectivity index (χ0) is 15.6. The van der Waals surface area contributed by atoms with Gasteiger partial charge < -0.3 is 14.4 Å². The van der Waals surface area contributed by atoms with E-state index in [4.69, 9.17) is 9.47 Å². The highest BCUT2D eigenvalue weighted by Crippen LogP contribution is 2.38. The molecule has 1 spiro atoms. The van der Waals surface area contributed by atoms with Crippen LogP contribution < -0.4 is 0 Å². The average molecular weight is 310 g/mol. The van der Waals surface area contributed by atoms with Crippen molar-refractivity contribution in [2.45, 2.75) is 38.1 Å². The summed E-state index contributed by atoms with van der Waals surface area (Å²) < 4.78 is 11.1. The Balaban J connectivity index is 1.44. The molecular weight excluding hydrogens is 280 g/mol. The summed E-state index contributed by atoms with van der Waals surface area (Å²) in [6.45, 7) is 7.44. The molecule has 0 aromatic carbocycles. The highest BCUT2D eigenvalue weighted by atomic mass is 16.5. The molecule has 1 atom stereocenters. The fraction of sp³-hybridized carbons (Fsp3) is 0.941. The molecule has 3 rings (SSSR count). The molecule has 3 fully saturated rings. The molecule has 1 saturated carbocycles. The van der Waals surface area contributed by atoms with Crippen LogP contribution in [0.5, 0.6) is 0 Å². The molecule has 1 aliphatic carbocycles. The van der Waals surface area contributed by atoms with Gasteiger partial charge in [-0.3, -0.25) is 9.69 Å². The number of ether oxygens (including phenoxy) is 2. The summed E-state index contributed by atoms with van der Waals surface area (Å²) in [5, 5.41) is 0. The van der Waals surface area contributed by atoms with Crippen LogP contribution in [0.4, 0.5) is 0 Å². The predicted molar refractivity (Wildman–Crippen MR) is 84.7 cm³/mol. The Hall–Kier alpha value is -0.650. The number of amides is 1. The summed E-state index contributed by atoms with van der Waals surface area (Å²) in [6.07, 6.45) is 5.09. The lowest BCUT2D eigenvalue weighted by Crippen LogP contribution is -2.73. The number of rotatable bonds is 7. The van der Waals surface area contributed by atoms with Gasteiger partial charge >= 0.3 is 0 Å². The van der Waals surface area contributed by atoms with Crippen LogP contribution in [0.1, 0.15) is 32.6 Å². The van der Waals surface area contributed by atoms with Crippen molar-refractivity contribution < 1.29 is 14.3 Å². The van der Waals surface area contributed by atoms with Gasteiger partial charge in [-0.1, -0.05) is 0 Å². The van der Waals surface area contributed by atoms with E-state index in [0.29, 0.717) is 12.5 Å². The van der Waals surface area contributed by atoms with Crippen LogP contribution in [0.2, 0.25) is 0 Å². The van der Waals surface area contributed by atoms with Gasteiger partial charge in [-0.25, -0.2) is 0 Å². The second-order valence-electron chi connectivity index (χ2n) is 7.37. The number of carbonyl (C=O) groups is 1. The number of likely N-dealkylation sites (N-methyl/N-ethyl adjacent to an activating group) is 1. The first-order valence-electron chi connectivity index (χ1n) is 8.77. The molecule has 0 unspecified atom stereocenters. The lowest BCUT2D eigenvalue weighted by molar-refractivity contribution is -0.155. The minimum atomic E-state index is 0.132. The zero-order valence-corrected chi connectivity index (χ0v) is 14.1. The monoisotopic (exact) mass is 310 g/mol. The van der Waals surface area contributed by atoms with Crippen LogP contribution in [-0.4, -0.2) is 74.4 Å². The second kappa shape index (κ2) is 6.85. The van der Waals surface area contributed by atoms with Crippen LogP contribution in [0.3, 0.4) is 0 Å². The van der Waals surface area contributed by atoms with Crippen LogP contribution in [-0.2, 0) is 14.3 Å². The molecule has 5 nitrogen and oxygen atoms in total. The fourth-order valence-electron chi connectivity index (χ4n) is 3.73. The van der Waals surface area contributed by atoms with E-state index in [1.807, 2.05) is 11.8 Å².